The van der Waals surface area contributed by atoms with Crippen LogP contribution in [0.3, 0.4) is 0 Å². The van der Waals surface area contributed by atoms with Crippen LogP contribution in [0.1, 0.15) is 21.5 Å². The van der Waals surface area contributed by atoms with Crippen LogP contribution in [0.25, 0.3) is 10.8 Å². The molecule has 0 bridgehead atoms. The molecule has 6 aromatic rings. The minimum Gasteiger partial charge on any atom is -0.744 e. The first-order valence-corrected chi connectivity index (χ1v) is 19.8. The Morgan fingerprint density at radius 3 is 1.82 bits per heavy atom. The van der Waals surface area contributed by atoms with Crippen molar-refractivity contribution in [3.8, 4) is 0 Å². The van der Waals surface area contributed by atoms with Gasteiger partial charge in [0.25, 0.3) is 5.91 Å². The van der Waals surface area contributed by atoms with Gasteiger partial charge in [-0.3, -0.25) is 9.83 Å². The molecule has 62 heavy (non-hydrogen) atoms. The van der Waals surface area contributed by atoms with Crippen molar-refractivity contribution < 1.29 is 138 Å². The Morgan fingerprint density at radius 2 is 1.23 bits per heavy atom. The normalized spacial score (nSPS) is 10.7. The molecule has 0 aromatic heterocycles. The molecule has 3 N–H and O–H groups in total. The Bertz CT molecular complexity index is 2800. The van der Waals surface area contributed by atoms with Gasteiger partial charge in [0.15, 0.2) is 0 Å². The molecule has 0 heterocycles. The summed E-state index contributed by atoms with van der Waals surface area (Å²) in [6.45, 7) is 3.73. The average molecular weight is 924 g/mol. The summed E-state index contributed by atoms with van der Waals surface area (Å²) in [6, 6.07) is 33.4. The number of azo groups is 2. The number of carbonyl (C=O) groups is 2. The van der Waals surface area contributed by atoms with E-state index in [9.17, 15) is 27.8 Å². The van der Waals surface area contributed by atoms with Crippen LogP contribution in [0.2, 0.25) is 0 Å². The van der Waals surface area contributed by atoms with Crippen LogP contribution in [0, 0.1) is 19.9 Å². The number of hydrogen-bond donors (Lipinski definition) is 3. The van der Waals surface area contributed by atoms with Crippen LogP contribution in [-0.2, 0) is 30.1 Å². The van der Waals surface area contributed by atoms with Gasteiger partial charge in [0.2, 0.25) is 0 Å². The third kappa shape index (κ3) is 16.8. The van der Waals surface area contributed by atoms with Gasteiger partial charge in [-0.05, 0) is 115 Å². The molecule has 6 aromatic carbocycles. The fraction of sp³-hybridized carbons (Fsp3) is 0.0526. The van der Waals surface area contributed by atoms with Crippen LogP contribution in [0.15, 0.2) is 146 Å². The molecule has 0 aliphatic heterocycles. The first kappa shape index (κ1) is 54.4. The topological polar surface area (TPSA) is 270 Å². The maximum Gasteiger partial charge on any atom is 1.00 e. The molecule has 0 saturated heterocycles. The van der Waals surface area contributed by atoms with E-state index < -0.39 is 31.5 Å². The van der Waals surface area contributed by atoms with Gasteiger partial charge in [-0.15, -0.1) is 24.8 Å². The summed E-state index contributed by atoms with van der Waals surface area (Å²) in [4.78, 5) is 24.9. The van der Waals surface area contributed by atoms with Crippen LogP contribution in [0.4, 0.5) is 44.6 Å². The molecule has 0 spiro atoms. The summed E-state index contributed by atoms with van der Waals surface area (Å²) in [5.41, 5.74) is 5.75. The fourth-order valence-electron chi connectivity index (χ4n) is 5.21. The predicted octanol–water partition coefficient (Wildman–Crippen LogP) is -0.873. The van der Waals surface area contributed by atoms with E-state index in [1.807, 2.05) is 19.9 Å². The third-order valence-electron chi connectivity index (χ3n) is 7.86. The zero-order valence-electron chi connectivity index (χ0n) is 33.5. The van der Waals surface area contributed by atoms with Gasteiger partial charge in [0.05, 0.1) is 39.7 Å². The number of anilines is 3. The maximum absolute atomic E-state index is 13.0. The number of amides is 3. The summed E-state index contributed by atoms with van der Waals surface area (Å²) in [5.74, 6) is -0.490. The van der Waals surface area contributed by atoms with Gasteiger partial charge in [0.1, 0.15) is 10.1 Å². The molecule has 24 heteroatoms. The quantitative estimate of drug-likeness (QED) is 0.0257. The maximum atomic E-state index is 13.0. The van der Waals surface area contributed by atoms with Crippen molar-refractivity contribution in [3.05, 3.63) is 138 Å². The number of aryl methyl sites for hydroxylation is 2. The third-order valence-corrected chi connectivity index (χ3v) is 9.29. The molecule has 0 aliphatic carbocycles. The molecular weight excluding hydrogens is 896 g/mol. The second-order valence-electron chi connectivity index (χ2n) is 12.0. The van der Waals surface area contributed by atoms with Crippen molar-refractivity contribution in [2.45, 2.75) is 23.6 Å². The summed E-state index contributed by atoms with van der Waals surface area (Å²) in [5, 5.41) is 39.5. The average Bonchev–Trinajstić information content (AvgIpc) is 3.19. The number of fused-ring (bicyclic) bond motifs is 1. The Morgan fingerprint density at radius 1 is 0.677 bits per heavy atom. The number of nitrogens with one attached hydrogen (secondary N) is 3. The standard InChI is InChI=1S/C38H30N7O8S2.3Na.O3S/c1-23-18-29(41-38(47)40-27-6-4-3-5-7-27)14-16-34(23)45-43-31-15-17-35(24(2)19-31)44-42-28-11-8-25(9-12-28)37(46)39-30-13-10-26-20-32(54-53-52-48)22-36(33(26)21-30)55(49,50)51;;;;1-4(2)3/h4-22,48H,1-2H3,(H,39,46)(H2,40,41,47)(H,49,50,51);;;;/q-1;3*+1;/p-2. The number of carbonyl (C=O) groups excluding carboxylic acids is 2. The first-order chi connectivity index (χ1) is 28.2. The van der Waals surface area contributed by atoms with Gasteiger partial charge < -0.3 is 25.8 Å². The minimum absolute atomic E-state index is 0. The molecule has 0 radical (unpaired) electrons. The molecule has 0 atom stereocenters. The van der Waals surface area contributed by atoms with E-state index in [-0.39, 0.29) is 116 Å². The summed E-state index contributed by atoms with van der Waals surface area (Å²) >= 11 is 0.445. The van der Waals surface area contributed by atoms with E-state index in [1.54, 1.807) is 78.9 Å². The summed E-state index contributed by atoms with van der Waals surface area (Å²) in [6.07, 6.45) is 0. The van der Waals surface area contributed by atoms with Crippen molar-refractivity contribution >= 4 is 95.3 Å². The summed E-state index contributed by atoms with van der Waals surface area (Å²) < 4.78 is 65.5. The van der Waals surface area contributed by atoms with E-state index in [0.717, 1.165) is 17.2 Å². The van der Waals surface area contributed by atoms with E-state index in [4.69, 9.17) is 12.6 Å². The monoisotopic (exact) mass is 923 g/mol. The molecule has 0 unspecified atom stereocenters. The van der Waals surface area contributed by atoms with Gasteiger partial charge in [-0.1, -0.05) is 11.8 Å². The van der Waals surface area contributed by atoms with Crippen molar-refractivity contribution in [1.82, 2.24) is 0 Å². The zero-order valence-corrected chi connectivity index (χ0v) is 41.9. The number of rotatable bonds is 12. The SMILES string of the molecule is Cc1cc(N=Nc2ccc(NC(=O)Nc3cc[c-]cc3)cc2C)ccc1N=Nc1ccc(C(=O)Nc2ccc3cc(SOO[O-])cc(S(=O)(=O)[O-])c3c2)cc1.O=S(=O)=O.[Na+].[Na+].[Na+]. The molecule has 302 valence electrons. The van der Waals surface area contributed by atoms with Crippen LogP contribution in [-0.4, -0.2) is 37.5 Å². The molecule has 0 saturated carbocycles. The Kier molecular flexibility index (Phi) is 23.0. The largest absolute Gasteiger partial charge is 1.00 e. The molecule has 6 rings (SSSR count). The van der Waals surface area contributed by atoms with Crippen molar-refractivity contribution in [2.75, 3.05) is 16.0 Å². The van der Waals surface area contributed by atoms with Crippen molar-refractivity contribution in [2.24, 2.45) is 20.5 Å². The van der Waals surface area contributed by atoms with Gasteiger partial charge >= 0.3 is 105 Å². The van der Waals surface area contributed by atoms with Crippen LogP contribution < -0.4 is 110 Å². The van der Waals surface area contributed by atoms with Gasteiger partial charge in [0, 0.05) is 27.2 Å². The first-order valence-electron chi connectivity index (χ1n) is 16.6. The van der Waals surface area contributed by atoms with Crippen LogP contribution in [0.5, 0.6) is 0 Å². The second kappa shape index (κ2) is 26.2. The van der Waals surface area contributed by atoms with Crippen molar-refractivity contribution in [3.63, 3.8) is 0 Å². The Labute approximate surface area is 427 Å². The second-order valence-corrected chi connectivity index (χ2v) is 14.5. The minimum atomic E-state index is -4.93. The molecule has 18 nitrogen and oxygen atoms in total. The van der Waals surface area contributed by atoms with Crippen LogP contribution >= 0.6 is 12.0 Å². The Hall–Kier alpha value is -3.72. The van der Waals surface area contributed by atoms with Gasteiger partial charge in [-0.25, -0.2) is 13.2 Å². The summed E-state index contributed by atoms with van der Waals surface area (Å²) in [7, 11) is -8.04. The number of benzene rings is 6. The number of urea groups is 1. The zero-order chi connectivity index (χ0) is 42.5. The molecule has 0 fully saturated rings. The molecule has 3 amide bonds. The van der Waals surface area contributed by atoms with Gasteiger partial charge in [-0.2, -0.15) is 43.0 Å². The predicted molar refractivity (Wildman–Crippen MR) is 213 cm³/mol. The Balaban J connectivity index is 0.00000181. The van der Waals surface area contributed by atoms with E-state index in [2.05, 4.69) is 51.8 Å². The van der Waals surface area contributed by atoms with E-state index in [0.29, 0.717) is 51.6 Å². The number of hydrogen-bond acceptors (Lipinski definition) is 16. The van der Waals surface area contributed by atoms with E-state index >= 15 is 0 Å². The van der Waals surface area contributed by atoms with E-state index in [1.165, 1.54) is 24.3 Å². The smallest absolute Gasteiger partial charge is 0.744 e. The molecular formula is C38H28N7Na3O11S3. The fourth-order valence-corrected chi connectivity index (χ4v) is 6.45. The molecule has 0 aliphatic rings. The number of nitrogens with zero attached hydrogens (tertiary/aromatic N) is 4. The van der Waals surface area contributed by atoms with Crippen molar-refractivity contribution in [1.29, 1.82) is 0 Å².